The second kappa shape index (κ2) is 5.32. The van der Waals surface area contributed by atoms with Gasteiger partial charge < -0.3 is 9.52 Å². The van der Waals surface area contributed by atoms with Crippen LogP contribution in [0, 0.1) is 5.92 Å². The molecule has 1 unspecified atom stereocenters. The number of hydrogen-bond acceptors (Lipinski definition) is 3. The molecule has 0 amide bonds. The van der Waals surface area contributed by atoms with Gasteiger partial charge in [-0.05, 0) is 30.9 Å². The summed E-state index contributed by atoms with van der Waals surface area (Å²) >= 11 is 0. The van der Waals surface area contributed by atoms with Crippen LogP contribution in [0.5, 0.6) is 0 Å². The molecule has 1 N–H and O–H groups in total. The Morgan fingerprint density at radius 1 is 1.24 bits per heavy atom. The van der Waals surface area contributed by atoms with Crippen LogP contribution in [0.15, 0.2) is 28.7 Å². The molecular weight excluding hydrogens is 214 g/mol. The molecule has 3 heteroatoms. The summed E-state index contributed by atoms with van der Waals surface area (Å²) < 4.78 is 5.57. The van der Waals surface area contributed by atoms with E-state index in [4.69, 9.17) is 4.42 Å². The normalized spacial score (nSPS) is 13.4. The Labute approximate surface area is 101 Å². The Kier molecular flexibility index (Phi) is 3.79. The molecule has 0 aliphatic heterocycles. The Morgan fingerprint density at radius 3 is 2.71 bits per heavy atom. The molecule has 0 saturated heterocycles. The zero-order valence-electron chi connectivity index (χ0n) is 10.4. The maximum Gasteiger partial charge on any atom is 0.198 e. The summed E-state index contributed by atoms with van der Waals surface area (Å²) in [6.07, 6.45) is 1.98. The van der Waals surface area contributed by atoms with Gasteiger partial charge in [0, 0.05) is 0 Å². The van der Waals surface area contributed by atoms with Gasteiger partial charge in [0.25, 0.3) is 0 Å². The van der Waals surface area contributed by atoms with Crippen LogP contribution in [-0.4, -0.2) is 16.2 Å². The minimum atomic E-state index is -0.356. The van der Waals surface area contributed by atoms with Crippen LogP contribution >= 0.6 is 0 Å². The van der Waals surface area contributed by atoms with E-state index in [2.05, 4.69) is 18.8 Å². The van der Waals surface area contributed by atoms with Crippen molar-refractivity contribution >= 4 is 11.1 Å². The number of aliphatic hydroxyl groups excluding tert-OH is 1. The Balaban J connectivity index is 1.98. The van der Waals surface area contributed by atoms with Crippen LogP contribution in [-0.2, 0) is 6.42 Å². The van der Waals surface area contributed by atoms with Gasteiger partial charge in [-0.3, -0.25) is 0 Å². The molecule has 0 saturated carbocycles. The largest absolute Gasteiger partial charge is 0.441 e. The van der Waals surface area contributed by atoms with Gasteiger partial charge in [0.05, 0.1) is 12.5 Å². The first-order chi connectivity index (χ1) is 8.15. The third-order valence-electron chi connectivity index (χ3n) is 2.83. The fourth-order valence-electron chi connectivity index (χ4n) is 1.84. The van der Waals surface area contributed by atoms with Gasteiger partial charge in [0.15, 0.2) is 11.5 Å². The molecular formula is C14H19NO2. The van der Waals surface area contributed by atoms with E-state index in [1.165, 1.54) is 0 Å². The number of hydrogen-bond donors (Lipinski definition) is 1. The van der Waals surface area contributed by atoms with Crippen molar-refractivity contribution in [1.29, 1.82) is 0 Å². The lowest BCUT2D eigenvalue weighted by Gasteiger charge is -2.09. The third-order valence-corrected chi connectivity index (χ3v) is 2.83. The summed E-state index contributed by atoms with van der Waals surface area (Å²) in [6.45, 7) is 4.32. The highest BCUT2D eigenvalue weighted by molar-refractivity contribution is 5.72. The van der Waals surface area contributed by atoms with E-state index in [-0.39, 0.29) is 6.10 Å². The number of aromatic nitrogens is 1. The van der Waals surface area contributed by atoms with Crippen molar-refractivity contribution in [3.05, 3.63) is 30.2 Å². The lowest BCUT2D eigenvalue weighted by atomic mass is 10.0. The Morgan fingerprint density at radius 2 is 2.00 bits per heavy atom. The molecule has 3 nitrogen and oxygen atoms in total. The van der Waals surface area contributed by atoms with E-state index < -0.39 is 0 Å². The molecule has 0 bridgehead atoms. The molecule has 2 aromatic rings. The summed E-state index contributed by atoms with van der Waals surface area (Å²) in [5, 5.41) is 9.88. The zero-order chi connectivity index (χ0) is 12.3. The summed E-state index contributed by atoms with van der Waals surface area (Å²) in [5.74, 6) is 1.25. The van der Waals surface area contributed by atoms with E-state index in [9.17, 15) is 5.11 Å². The van der Waals surface area contributed by atoms with Crippen LogP contribution in [0.4, 0.5) is 0 Å². The Hall–Kier alpha value is -1.35. The topological polar surface area (TPSA) is 46.3 Å². The molecule has 1 heterocycles. The van der Waals surface area contributed by atoms with Crippen molar-refractivity contribution in [3.63, 3.8) is 0 Å². The smallest absolute Gasteiger partial charge is 0.198 e. The molecule has 1 aromatic heterocycles. The highest BCUT2D eigenvalue weighted by Crippen LogP contribution is 2.17. The first-order valence-electron chi connectivity index (χ1n) is 6.17. The third kappa shape index (κ3) is 3.30. The molecule has 17 heavy (non-hydrogen) atoms. The van der Waals surface area contributed by atoms with Crippen molar-refractivity contribution in [3.8, 4) is 0 Å². The molecule has 0 spiro atoms. The van der Waals surface area contributed by atoms with E-state index in [1.807, 2.05) is 24.3 Å². The minimum absolute atomic E-state index is 0.356. The van der Waals surface area contributed by atoms with Gasteiger partial charge in [-0.1, -0.05) is 26.0 Å². The van der Waals surface area contributed by atoms with Crippen molar-refractivity contribution in [2.75, 3.05) is 0 Å². The van der Waals surface area contributed by atoms with Crippen LogP contribution in [0.1, 0.15) is 32.6 Å². The summed E-state index contributed by atoms with van der Waals surface area (Å²) in [6, 6.07) is 7.67. The number of benzene rings is 1. The summed E-state index contributed by atoms with van der Waals surface area (Å²) in [4.78, 5) is 4.35. The lowest BCUT2D eigenvalue weighted by Crippen LogP contribution is -2.11. The fourth-order valence-corrected chi connectivity index (χ4v) is 1.84. The van der Waals surface area contributed by atoms with E-state index in [0.29, 0.717) is 18.2 Å². The molecule has 0 aliphatic carbocycles. The summed E-state index contributed by atoms with van der Waals surface area (Å²) in [7, 11) is 0. The molecule has 1 aromatic carbocycles. The van der Waals surface area contributed by atoms with Crippen molar-refractivity contribution in [1.82, 2.24) is 4.98 Å². The van der Waals surface area contributed by atoms with Crippen LogP contribution in [0.2, 0.25) is 0 Å². The van der Waals surface area contributed by atoms with Crippen LogP contribution in [0.25, 0.3) is 11.1 Å². The van der Waals surface area contributed by atoms with Crippen molar-refractivity contribution in [2.45, 2.75) is 39.2 Å². The number of nitrogens with zero attached hydrogens (tertiary/aromatic N) is 1. The number of para-hydroxylation sites is 2. The van der Waals surface area contributed by atoms with Gasteiger partial charge in [0.1, 0.15) is 5.52 Å². The average Bonchev–Trinajstić information content (AvgIpc) is 2.68. The fraction of sp³-hybridized carbons (Fsp3) is 0.500. The standard InChI is InChI=1S/C14H19NO2/c1-10(2)7-8-11(16)9-14-15-12-5-3-4-6-13(12)17-14/h3-6,10-11,16H,7-9H2,1-2H3. The lowest BCUT2D eigenvalue weighted by molar-refractivity contribution is 0.149. The predicted molar refractivity (Wildman–Crippen MR) is 67.8 cm³/mol. The maximum absolute atomic E-state index is 9.88. The van der Waals surface area contributed by atoms with Gasteiger partial charge in [-0.2, -0.15) is 0 Å². The van der Waals surface area contributed by atoms with E-state index >= 15 is 0 Å². The summed E-state index contributed by atoms with van der Waals surface area (Å²) in [5.41, 5.74) is 1.65. The number of rotatable bonds is 5. The molecule has 1 atom stereocenters. The average molecular weight is 233 g/mol. The quantitative estimate of drug-likeness (QED) is 0.862. The van der Waals surface area contributed by atoms with Crippen molar-refractivity contribution < 1.29 is 9.52 Å². The van der Waals surface area contributed by atoms with Crippen molar-refractivity contribution in [2.24, 2.45) is 5.92 Å². The second-order valence-electron chi connectivity index (χ2n) is 4.90. The minimum Gasteiger partial charge on any atom is -0.441 e. The first kappa shape index (κ1) is 12.1. The van der Waals surface area contributed by atoms with Gasteiger partial charge >= 0.3 is 0 Å². The zero-order valence-corrected chi connectivity index (χ0v) is 10.4. The Bertz CT molecular complexity index is 443. The first-order valence-corrected chi connectivity index (χ1v) is 6.17. The van der Waals surface area contributed by atoms with E-state index in [0.717, 1.165) is 23.9 Å². The maximum atomic E-state index is 9.88. The second-order valence-corrected chi connectivity index (χ2v) is 4.90. The van der Waals surface area contributed by atoms with E-state index in [1.54, 1.807) is 0 Å². The molecule has 92 valence electrons. The van der Waals surface area contributed by atoms with Crippen LogP contribution < -0.4 is 0 Å². The predicted octanol–water partition coefficient (Wildman–Crippen LogP) is 3.17. The molecule has 0 radical (unpaired) electrons. The van der Waals surface area contributed by atoms with Gasteiger partial charge in [-0.25, -0.2) is 4.98 Å². The van der Waals surface area contributed by atoms with Gasteiger partial charge in [0.2, 0.25) is 0 Å². The number of oxazole rings is 1. The monoisotopic (exact) mass is 233 g/mol. The molecule has 2 rings (SSSR count). The SMILES string of the molecule is CC(C)CCC(O)Cc1nc2ccccc2o1. The van der Waals surface area contributed by atoms with Crippen LogP contribution in [0.3, 0.4) is 0 Å². The number of fused-ring (bicyclic) bond motifs is 1. The molecule has 0 aliphatic rings. The molecule has 0 fully saturated rings. The highest BCUT2D eigenvalue weighted by Gasteiger charge is 2.11. The van der Waals surface area contributed by atoms with Gasteiger partial charge in [-0.15, -0.1) is 0 Å². The number of aliphatic hydroxyl groups is 1. The highest BCUT2D eigenvalue weighted by atomic mass is 16.4.